The molecule has 50 valence electrons. The van der Waals surface area contributed by atoms with Crippen molar-refractivity contribution in [3.63, 3.8) is 0 Å². The number of aliphatic carboxylic acids is 1. The Morgan fingerprint density at radius 2 is 2.00 bits per heavy atom. The third kappa shape index (κ3) is 3.53. The molecule has 0 bridgehead atoms. The Labute approximate surface area is 54.5 Å². The van der Waals surface area contributed by atoms with Gasteiger partial charge in [0.1, 0.15) is 0 Å². The molecule has 0 unspecified atom stereocenters. The Hall–Kier alpha value is -1.05. The molecule has 0 atom stereocenters. The zero-order valence-electron chi connectivity index (χ0n) is 5.64. The van der Waals surface area contributed by atoms with Crippen LogP contribution in [0, 0.1) is 0 Å². The molecular formula is C7H10O2. The lowest BCUT2D eigenvalue weighted by Crippen LogP contribution is -1.89. The van der Waals surface area contributed by atoms with Gasteiger partial charge in [0.25, 0.3) is 0 Å². The Morgan fingerprint density at radius 3 is 2.11 bits per heavy atom. The minimum Gasteiger partial charge on any atom is -0.478 e. The highest BCUT2D eigenvalue weighted by Crippen LogP contribution is 2.03. The lowest BCUT2D eigenvalue weighted by molar-refractivity contribution is -0.131. The van der Waals surface area contributed by atoms with Crippen LogP contribution in [0.2, 0.25) is 0 Å². The lowest BCUT2D eigenvalue weighted by Gasteiger charge is -1.93. The van der Waals surface area contributed by atoms with Gasteiger partial charge < -0.3 is 5.11 Å². The minimum atomic E-state index is -0.921. The number of hydrogen-bond donors (Lipinski definition) is 1. The van der Waals surface area contributed by atoms with Crippen LogP contribution >= 0.6 is 0 Å². The van der Waals surface area contributed by atoms with Gasteiger partial charge in [0.2, 0.25) is 0 Å². The quantitative estimate of drug-likeness (QED) is 0.450. The van der Waals surface area contributed by atoms with E-state index in [0.717, 1.165) is 11.6 Å². The van der Waals surface area contributed by atoms with Crippen molar-refractivity contribution in [3.8, 4) is 0 Å². The molecule has 0 heterocycles. The van der Waals surface area contributed by atoms with Crippen molar-refractivity contribution in [3.05, 3.63) is 23.8 Å². The molecule has 0 spiro atoms. The molecule has 0 amide bonds. The van der Waals surface area contributed by atoms with E-state index in [2.05, 4.69) is 6.58 Å². The van der Waals surface area contributed by atoms with Gasteiger partial charge in [0, 0.05) is 6.08 Å². The number of carboxylic acid groups (broad SMARTS) is 1. The van der Waals surface area contributed by atoms with Crippen LogP contribution in [0.3, 0.4) is 0 Å². The maximum absolute atomic E-state index is 10.00. The molecule has 0 aliphatic carbocycles. The molecule has 0 aliphatic heterocycles. The average Bonchev–Trinajstić information content (AvgIpc) is 1.63. The van der Waals surface area contributed by atoms with E-state index >= 15 is 0 Å². The van der Waals surface area contributed by atoms with Gasteiger partial charge in [-0.05, 0) is 19.4 Å². The van der Waals surface area contributed by atoms with Gasteiger partial charge in [0.15, 0.2) is 0 Å². The molecule has 2 heteroatoms. The van der Waals surface area contributed by atoms with Gasteiger partial charge in [-0.2, -0.15) is 0 Å². The van der Waals surface area contributed by atoms with Crippen LogP contribution in [0.5, 0.6) is 0 Å². The van der Waals surface area contributed by atoms with Crippen molar-refractivity contribution < 1.29 is 9.90 Å². The summed E-state index contributed by atoms with van der Waals surface area (Å²) in [7, 11) is 0. The largest absolute Gasteiger partial charge is 0.478 e. The normalized spacial score (nSPS) is 11.1. The molecule has 1 N–H and O–H groups in total. The third-order valence-electron chi connectivity index (χ3n) is 1.01. The zero-order chi connectivity index (χ0) is 7.44. The Balaban J connectivity index is 4.17. The van der Waals surface area contributed by atoms with Crippen LogP contribution in [-0.2, 0) is 4.79 Å². The van der Waals surface area contributed by atoms with Crippen LogP contribution in [0.4, 0.5) is 0 Å². The van der Waals surface area contributed by atoms with Crippen LogP contribution in [0.15, 0.2) is 23.8 Å². The second-order valence-corrected chi connectivity index (χ2v) is 1.95. The van der Waals surface area contributed by atoms with Crippen molar-refractivity contribution >= 4 is 5.97 Å². The maximum Gasteiger partial charge on any atom is 0.328 e. The fourth-order valence-electron chi connectivity index (χ4n) is 0.308. The van der Waals surface area contributed by atoms with Crippen LogP contribution in [-0.4, -0.2) is 11.1 Å². The highest BCUT2D eigenvalue weighted by molar-refractivity contribution is 5.81. The molecule has 0 saturated heterocycles. The fraction of sp³-hybridized carbons (Fsp3) is 0.286. The van der Waals surface area contributed by atoms with Crippen LogP contribution < -0.4 is 0 Å². The van der Waals surface area contributed by atoms with Crippen LogP contribution in [0.1, 0.15) is 13.8 Å². The highest BCUT2D eigenvalue weighted by Gasteiger charge is 1.92. The first-order chi connectivity index (χ1) is 4.04. The summed E-state index contributed by atoms with van der Waals surface area (Å²) in [4.78, 5) is 10.00. The van der Waals surface area contributed by atoms with E-state index in [1.54, 1.807) is 13.8 Å². The summed E-state index contributed by atoms with van der Waals surface area (Å²) in [6.07, 6.45) is 1.14. The standard InChI is InChI=1S/C7H10O2/c1-5(2)6(3)4-7(8)9/h4H,1H2,2-3H3,(H,8,9). The van der Waals surface area contributed by atoms with Gasteiger partial charge in [-0.1, -0.05) is 12.2 Å². The van der Waals surface area contributed by atoms with E-state index < -0.39 is 5.97 Å². The topological polar surface area (TPSA) is 37.3 Å². The molecule has 0 aliphatic rings. The number of allylic oxidation sites excluding steroid dienone is 2. The second kappa shape index (κ2) is 3.07. The monoisotopic (exact) mass is 126 g/mol. The minimum absolute atomic E-state index is 0.711. The fourth-order valence-corrected chi connectivity index (χ4v) is 0.308. The predicted molar refractivity (Wildman–Crippen MR) is 36.2 cm³/mol. The SMILES string of the molecule is C=C(C)C(C)=CC(=O)O. The van der Waals surface area contributed by atoms with E-state index in [1.807, 2.05) is 0 Å². The van der Waals surface area contributed by atoms with Gasteiger partial charge in [0.05, 0.1) is 0 Å². The maximum atomic E-state index is 10.00. The first-order valence-electron chi connectivity index (χ1n) is 2.61. The summed E-state index contributed by atoms with van der Waals surface area (Å²) in [5, 5.41) is 8.22. The Kier molecular flexibility index (Phi) is 2.71. The smallest absolute Gasteiger partial charge is 0.328 e. The molecule has 0 rings (SSSR count). The van der Waals surface area contributed by atoms with Gasteiger partial charge in [-0.3, -0.25) is 0 Å². The summed E-state index contributed by atoms with van der Waals surface area (Å²) in [6, 6.07) is 0. The van der Waals surface area contributed by atoms with E-state index in [4.69, 9.17) is 5.11 Å². The number of carbonyl (C=O) groups is 1. The molecule has 2 nitrogen and oxygen atoms in total. The van der Waals surface area contributed by atoms with Crippen LogP contribution in [0.25, 0.3) is 0 Å². The van der Waals surface area contributed by atoms with Crippen molar-refractivity contribution in [2.75, 3.05) is 0 Å². The number of rotatable bonds is 2. The average molecular weight is 126 g/mol. The first kappa shape index (κ1) is 7.95. The Bertz CT molecular complexity index is 166. The number of carboxylic acids is 1. The predicted octanol–water partition coefficient (Wildman–Crippen LogP) is 1.59. The molecule has 0 fully saturated rings. The molecule has 0 aromatic heterocycles. The molecule has 0 aromatic carbocycles. The molecule has 0 saturated carbocycles. The van der Waals surface area contributed by atoms with Crippen molar-refractivity contribution in [2.45, 2.75) is 13.8 Å². The third-order valence-corrected chi connectivity index (χ3v) is 1.01. The number of hydrogen-bond acceptors (Lipinski definition) is 1. The van der Waals surface area contributed by atoms with E-state index in [1.165, 1.54) is 0 Å². The van der Waals surface area contributed by atoms with Gasteiger partial charge >= 0.3 is 5.97 Å². The Morgan fingerprint density at radius 1 is 1.56 bits per heavy atom. The summed E-state index contributed by atoms with van der Waals surface area (Å²) in [6.45, 7) is 7.07. The summed E-state index contributed by atoms with van der Waals surface area (Å²) >= 11 is 0. The summed E-state index contributed by atoms with van der Waals surface area (Å²) in [5.41, 5.74) is 1.50. The lowest BCUT2D eigenvalue weighted by atomic mass is 10.1. The van der Waals surface area contributed by atoms with Crippen molar-refractivity contribution in [2.24, 2.45) is 0 Å². The van der Waals surface area contributed by atoms with E-state index in [-0.39, 0.29) is 0 Å². The zero-order valence-corrected chi connectivity index (χ0v) is 5.64. The molecular weight excluding hydrogens is 116 g/mol. The summed E-state index contributed by atoms with van der Waals surface area (Å²) < 4.78 is 0. The van der Waals surface area contributed by atoms with Crippen molar-refractivity contribution in [1.29, 1.82) is 0 Å². The first-order valence-corrected chi connectivity index (χ1v) is 2.61. The van der Waals surface area contributed by atoms with E-state index in [0.29, 0.717) is 5.57 Å². The highest BCUT2D eigenvalue weighted by atomic mass is 16.4. The summed E-state index contributed by atoms with van der Waals surface area (Å²) in [5.74, 6) is -0.921. The van der Waals surface area contributed by atoms with Crippen molar-refractivity contribution in [1.82, 2.24) is 0 Å². The van der Waals surface area contributed by atoms with Gasteiger partial charge in [-0.15, -0.1) is 0 Å². The molecule has 9 heavy (non-hydrogen) atoms. The molecule has 0 aromatic rings. The van der Waals surface area contributed by atoms with E-state index in [9.17, 15) is 4.79 Å². The second-order valence-electron chi connectivity index (χ2n) is 1.95. The molecule has 0 radical (unpaired) electrons. The van der Waals surface area contributed by atoms with Gasteiger partial charge in [-0.25, -0.2) is 4.79 Å².